The number of nitrogens with one attached hydrogen (secondary N) is 1. The molecule has 1 heterocycles. The molecule has 0 aromatic heterocycles. The minimum atomic E-state index is -0.748. The number of fused-ring (bicyclic) bond motifs is 1. The van der Waals surface area contributed by atoms with Gasteiger partial charge < -0.3 is 10.2 Å². The number of hydrogen-bond acceptors (Lipinski definition) is 4. The van der Waals surface area contributed by atoms with Gasteiger partial charge in [0.25, 0.3) is 0 Å². The number of halogens is 1. The molecule has 0 saturated carbocycles. The van der Waals surface area contributed by atoms with E-state index in [1.54, 1.807) is 35.2 Å². The zero-order valence-electron chi connectivity index (χ0n) is 17.8. The number of para-hydroxylation sites is 1. The maximum Gasteiger partial charge on any atom is 0.247 e. The first-order chi connectivity index (χ1) is 15.6. The van der Waals surface area contributed by atoms with Crippen LogP contribution in [0.15, 0.2) is 83.9 Å². The van der Waals surface area contributed by atoms with E-state index in [0.29, 0.717) is 28.5 Å². The van der Waals surface area contributed by atoms with E-state index in [2.05, 4.69) is 12.2 Å². The number of Topliss-reactive ketones (excluding diaryl/α,β-unsaturated/α-hetero) is 1. The van der Waals surface area contributed by atoms with Gasteiger partial charge in [0.05, 0.1) is 5.69 Å². The number of hydrogen-bond donors (Lipinski definition) is 1. The predicted octanol–water partition coefficient (Wildman–Crippen LogP) is 5.73. The fraction of sp³-hybridized carbons (Fsp3) is 0.192. The molecule has 0 spiro atoms. The number of nitrogens with zero attached hydrogens (tertiary/aromatic N) is 2. The molecule has 1 atom stereocenters. The summed E-state index contributed by atoms with van der Waals surface area (Å²) in [4.78, 5) is 33.4. The Morgan fingerprint density at radius 1 is 1.00 bits per heavy atom. The van der Waals surface area contributed by atoms with Gasteiger partial charge in [-0.3, -0.25) is 9.59 Å². The highest BCUT2D eigenvalue weighted by Gasteiger charge is 2.39. The average Bonchev–Trinajstić information content (AvgIpc) is 2.83. The first-order valence-corrected chi connectivity index (χ1v) is 11.1. The second kappa shape index (κ2) is 9.79. The second-order valence-electron chi connectivity index (χ2n) is 7.59. The number of amidine groups is 1. The largest absolute Gasteiger partial charge is 0.354 e. The van der Waals surface area contributed by atoms with E-state index in [1.165, 1.54) is 0 Å². The predicted molar refractivity (Wildman–Crippen MR) is 129 cm³/mol. The molecule has 1 N–H and O–H groups in total. The van der Waals surface area contributed by atoms with Gasteiger partial charge in [0, 0.05) is 28.4 Å². The maximum absolute atomic E-state index is 13.6. The topological polar surface area (TPSA) is 61.8 Å². The molecule has 3 aromatic carbocycles. The monoisotopic (exact) mass is 445 g/mol. The van der Waals surface area contributed by atoms with Gasteiger partial charge in [-0.1, -0.05) is 79.5 Å². The Morgan fingerprint density at radius 3 is 2.50 bits per heavy atom. The molecular weight excluding hydrogens is 422 g/mol. The van der Waals surface area contributed by atoms with Gasteiger partial charge in [-0.2, -0.15) is 0 Å². The smallest absolute Gasteiger partial charge is 0.247 e. The lowest BCUT2D eigenvalue weighted by atomic mass is 9.97. The van der Waals surface area contributed by atoms with Gasteiger partial charge in [-0.25, -0.2) is 4.99 Å². The van der Waals surface area contributed by atoms with Gasteiger partial charge in [-0.05, 0) is 30.7 Å². The van der Waals surface area contributed by atoms with E-state index in [9.17, 15) is 9.59 Å². The molecule has 1 aliphatic heterocycles. The standard InChI is InChI=1S/C26H24ClN3O2/c1-2-3-16-28-26(32)23-21-14-7-8-15-22(21)29-25(24(31)18-10-5-4-6-11-18)30(23)20-13-9-12-19(27)17-20/h4-15,17,23H,2-3,16H2,1H3,(H,28,32). The van der Waals surface area contributed by atoms with Crippen LogP contribution in [0, 0.1) is 0 Å². The van der Waals surface area contributed by atoms with E-state index in [-0.39, 0.29) is 17.5 Å². The average molecular weight is 446 g/mol. The molecule has 6 heteroatoms. The van der Waals surface area contributed by atoms with E-state index >= 15 is 0 Å². The lowest BCUT2D eigenvalue weighted by Crippen LogP contribution is -2.48. The van der Waals surface area contributed by atoms with Crippen LogP contribution >= 0.6 is 11.6 Å². The first-order valence-electron chi connectivity index (χ1n) is 10.7. The summed E-state index contributed by atoms with van der Waals surface area (Å²) in [7, 11) is 0. The van der Waals surface area contributed by atoms with Crippen LogP contribution in [-0.4, -0.2) is 24.1 Å². The van der Waals surface area contributed by atoms with Gasteiger partial charge >= 0.3 is 0 Å². The number of benzene rings is 3. The Hall–Kier alpha value is -3.44. The van der Waals surface area contributed by atoms with Crippen molar-refractivity contribution in [3.05, 3.63) is 95.0 Å². The van der Waals surface area contributed by atoms with Crippen LogP contribution < -0.4 is 10.2 Å². The molecule has 1 amide bonds. The summed E-state index contributed by atoms with van der Waals surface area (Å²) in [5.74, 6) is -0.251. The first kappa shape index (κ1) is 21.8. The molecule has 32 heavy (non-hydrogen) atoms. The summed E-state index contributed by atoms with van der Waals surface area (Å²) < 4.78 is 0. The summed E-state index contributed by atoms with van der Waals surface area (Å²) in [6.45, 7) is 2.64. The van der Waals surface area contributed by atoms with Gasteiger partial charge in [0.15, 0.2) is 5.84 Å². The number of unbranched alkanes of at least 4 members (excludes halogenated alkanes) is 1. The number of anilines is 1. The minimum Gasteiger partial charge on any atom is -0.354 e. The van der Waals surface area contributed by atoms with Crippen molar-refractivity contribution in [2.24, 2.45) is 4.99 Å². The Bertz CT molecular complexity index is 1160. The second-order valence-corrected chi connectivity index (χ2v) is 8.02. The SMILES string of the molecule is CCCCNC(=O)C1c2ccccc2N=C(C(=O)c2ccccc2)N1c1cccc(Cl)c1. The number of aliphatic imine (C=N–C) groups is 1. The molecule has 5 nitrogen and oxygen atoms in total. The fourth-order valence-electron chi connectivity index (χ4n) is 3.77. The molecule has 1 aliphatic rings. The number of ketones is 1. The highest BCUT2D eigenvalue weighted by atomic mass is 35.5. The molecule has 0 radical (unpaired) electrons. The Kier molecular flexibility index (Phi) is 6.66. The molecule has 162 valence electrons. The molecular formula is C26H24ClN3O2. The summed E-state index contributed by atoms with van der Waals surface area (Å²) in [6.07, 6.45) is 1.85. The third-order valence-corrected chi connectivity index (χ3v) is 5.58. The van der Waals surface area contributed by atoms with Gasteiger partial charge in [0.1, 0.15) is 6.04 Å². The van der Waals surface area contributed by atoms with Crippen LogP contribution in [0.4, 0.5) is 11.4 Å². The number of carbonyl (C=O) groups excluding carboxylic acids is 2. The van der Waals surface area contributed by atoms with Crippen molar-refractivity contribution in [2.75, 3.05) is 11.4 Å². The number of rotatable bonds is 7. The quantitative estimate of drug-likeness (QED) is 0.373. The highest BCUT2D eigenvalue weighted by molar-refractivity contribution is 6.50. The summed E-state index contributed by atoms with van der Waals surface area (Å²) in [6, 6.07) is 22.8. The van der Waals surface area contributed by atoms with Crippen molar-refractivity contribution >= 4 is 40.5 Å². The van der Waals surface area contributed by atoms with Crippen LogP contribution in [0.2, 0.25) is 5.02 Å². The van der Waals surface area contributed by atoms with Crippen molar-refractivity contribution in [3.63, 3.8) is 0 Å². The summed E-state index contributed by atoms with van der Waals surface area (Å²) in [5.41, 5.74) is 2.49. The van der Waals surface area contributed by atoms with Crippen molar-refractivity contribution in [2.45, 2.75) is 25.8 Å². The Balaban J connectivity index is 1.87. The Morgan fingerprint density at radius 2 is 1.75 bits per heavy atom. The molecule has 1 unspecified atom stereocenters. The number of amides is 1. The zero-order valence-corrected chi connectivity index (χ0v) is 18.5. The van der Waals surface area contributed by atoms with Gasteiger partial charge in [-0.15, -0.1) is 0 Å². The molecule has 4 rings (SSSR count). The molecule has 0 fully saturated rings. The lowest BCUT2D eigenvalue weighted by Gasteiger charge is -2.36. The lowest BCUT2D eigenvalue weighted by molar-refractivity contribution is -0.122. The van der Waals surface area contributed by atoms with Crippen LogP contribution in [0.3, 0.4) is 0 Å². The summed E-state index contributed by atoms with van der Waals surface area (Å²) in [5, 5.41) is 3.54. The van der Waals surface area contributed by atoms with Crippen LogP contribution in [-0.2, 0) is 4.79 Å². The molecule has 0 saturated heterocycles. The van der Waals surface area contributed by atoms with Crippen molar-refractivity contribution < 1.29 is 9.59 Å². The third-order valence-electron chi connectivity index (χ3n) is 5.35. The van der Waals surface area contributed by atoms with Gasteiger partial charge in [0.2, 0.25) is 11.7 Å². The molecule has 3 aromatic rings. The normalized spacial score (nSPS) is 15.0. The maximum atomic E-state index is 13.6. The van der Waals surface area contributed by atoms with Crippen LogP contribution in [0.25, 0.3) is 0 Å². The van der Waals surface area contributed by atoms with E-state index in [1.807, 2.05) is 48.5 Å². The van der Waals surface area contributed by atoms with Crippen LogP contribution in [0.5, 0.6) is 0 Å². The van der Waals surface area contributed by atoms with Crippen molar-refractivity contribution in [1.82, 2.24) is 5.32 Å². The fourth-order valence-corrected chi connectivity index (χ4v) is 3.95. The number of carbonyl (C=O) groups is 2. The molecule has 0 bridgehead atoms. The highest BCUT2D eigenvalue weighted by Crippen LogP contribution is 2.39. The minimum absolute atomic E-state index is 0.181. The van der Waals surface area contributed by atoms with Crippen LogP contribution in [0.1, 0.15) is 41.7 Å². The third kappa shape index (κ3) is 4.43. The zero-order chi connectivity index (χ0) is 22.5. The molecule has 0 aliphatic carbocycles. The van der Waals surface area contributed by atoms with E-state index < -0.39 is 6.04 Å². The van der Waals surface area contributed by atoms with E-state index in [0.717, 1.165) is 18.4 Å². The van der Waals surface area contributed by atoms with Crippen molar-refractivity contribution in [1.29, 1.82) is 0 Å². The Labute approximate surface area is 192 Å². The van der Waals surface area contributed by atoms with Crippen molar-refractivity contribution in [3.8, 4) is 0 Å². The van der Waals surface area contributed by atoms with E-state index in [4.69, 9.17) is 16.6 Å². The summed E-state index contributed by atoms with van der Waals surface area (Å²) >= 11 is 6.29.